The largest absolute Gasteiger partial charge is 0.497 e. The SMILES string of the molecule is CCSC1=N[C@H]2CS(=O)(=O)C[C@H]2N1c1cc(OC)ccc1OC. The molecule has 2 aliphatic rings. The fourth-order valence-corrected chi connectivity index (χ4v) is 5.71. The Balaban J connectivity index is 2.07. The Morgan fingerprint density at radius 3 is 2.74 bits per heavy atom. The van der Waals surface area contributed by atoms with Crippen LogP contribution >= 0.6 is 11.8 Å². The van der Waals surface area contributed by atoms with Gasteiger partial charge >= 0.3 is 0 Å². The van der Waals surface area contributed by atoms with Crippen LogP contribution in [0.4, 0.5) is 5.69 Å². The van der Waals surface area contributed by atoms with Gasteiger partial charge in [-0.1, -0.05) is 18.7 Å². The van der Waals surface area contributed by atoms with Crippen LogP contribution in [0.2, 0.25) is 0 Å². The third-order valence-electron chi connectivity index (χ3n) is 4.03. The fourth-order valence-electron chi connectivity index (χ4n) is 3.03. The van der Waals surface area contributed by atoms with Crippen LogP contribution in [0.1, 0.15) is 6.92 Å². The van der Waals surface area contributed by atoms with Crippen LogP contribution in [0.25, 0.3) is 0 Å². The Bertz CT molecular complexity index is 733. The van der Waals surface area contributed by atoms with Crippen molar-refractivity contribution in [1.82, 2.24) is 0 Å². The number of ether oxygens (including phenoxy) is 2. The summed E-state index contributed by atoms with van der Waals surface area (Å²) in [5.74, 6) is 2.49. The highest BCUT2D eigenvalue weighted by Gasteiger charge is 2.47. The molecule has 0 spiro atoms. The summed E-state index contributed by atoms with van der Waals surface area (Å²) in [5.41, 5.74) is 0.802. The van der Waals surface area contributed by atoms with Gasteiger partial charge in [-0.3, -0.25) is 4.99 Å². The van der Waals surface area contributed by atoms with Crippen LogP contribution in [0.3, 0.4) is 0 Å². The van der Waals surface area contributed by atoms with Crippen LogP contribution in [-0.4, -0.2) is 57.1 Å². The molecule has 0 unspecified atom stereocenters. The predicted octanol–water partition coefficient (Wildman–Crippen LogP) is 1.80. The highest BCUT2D eigenvalue weighted by atomic mass is 32.2. The molecule has 126 valence electrons. The van der Waals surface area contributed by atoms with E-state index in [9.17, 15) is 8.42 Å². The minimum Gasteiger partial charge on any atom is -0.497 e. The van der Waals surface area contributed by atoms with Crippen molar-refractivity contribution in [3.05, 3.63) is 18.2 Å². The van der Waals surface area contributed by atoms with Crippen LogP contribution in [0, 0.1) is 0 Å². The maximum Gasteiger partial charge on any atom is 0.164 e. The van der Waals surface area contributed by atoms with Crippen LogP contribution in [0.15, 0.2) is 23.2 Å². The maximum atomic E-state index is 12.0. The summed E-state index contributed by atoms with van der Waals surface area (Å²) in [7, 11) is 0.160. The first-order valence-electron chi connectivity index (χ1n) is 7.41. The number of anilines is 1. The number of nitrogens with zero attached hydrogens (tertiary/aromatic N) is 2. The van der Waals surface area contributed by atoms with Gasteiger partial charge in [0.15, 0.2) is 15.0 Å². The molecule has 0 amide bonds. The van der Waals surface area contributed by atoms with Crippen molar-refractivity contribution in [1.29, 1.82) is 0 Å². The quantitative estimate of drug-likeness (QED) is 0.819. The van der Waals surface area contributed by atoms with E-state index in [0.29, 0.717) is 11.5 Å². The molecule has 0 aromatic heterocycles. The fraction of sp³-hybridized carbons (Fsp3) is 0.533. The van der Waals surface area contributed by atoms with Gasteiger partial charge in [0.25, 0.3) is 0 Å². The molecule has 1 saturated heterocycles. The van der Waals surface area contributed by atoms with Gasteiger partial charge in [-0.15, -0.1) is 0 Å². The average Bonchev–Trinajstić information content (AvgIpc) is 2.98. The first-order chi connectivity index (χ1) is 11.0. The van der Waals surface area contributed by atoms with Crippen molar-refractivity contribution in [3.63, 3.8) is 0 Å². The number of fused-ring (bicyclic) bond motifs is 1. The number of thioether (sulfide) groups is 1. The Morgan fingerprint density at radius 2 is 2.09 bits per heavy atom. The molecule has 6 nitrogen and oxygen atoms in total. The first-order valence-corrected chi connectivity index (χ1v) is 10.2. The third kappa shape index (κ3) is 3.01. The summed E-state index contributed by atoms with van der Waals surface area (Å²) >= 11 is 1.62. The molecule has 1 aromatic rings. The second-order valence-corrected chi connectivity index (χ2v) is 8.85. The summed E-state index contributed by atoms with van der Waals surface area (Å²) in [6.45, 7) is 2.05. The summed E-state index contributed by atoms with van der Waals surface area (Å²) in [5, 5.41) is 0.851. The molecule has 1 fully saturated rings. The van der Waals surface area contributed by atoms with E-state index in [1.54, 1.807) is 26.0 Å². The van der Waals surface area contributed by atoms with E-state index >= 15 is 0 Å². The number of benzene rings is 1. The first kappa shape index (κ1) is 16.4. The van der Waals surface area contributed by atoms with E-state index < -0.39 is 9.84 Å². The van der Waals surface area contributed by atoms with E-state index in [2.05, 4.69) is 11.9 Å². The van der Waals surface area contributed by atoms with Crippen LogP contribution < -0.4 is 14.4 Å². The lowest BCUT2D eigenvalue weighted by molar-refractivity contribution is 0.403. The molecule has 23 heavy (non-hydrogen) atoms. The van der Waals surface area contributed by atoms with E-state index in [1.165, 1.54) is 0 Å². The normalized spacial score (nSPS) is 25.2. The Hall–Kier alpha value is -1.41. The molecule has 2 heterocycles. The molecule has 2 atom stereocenters. The molecule has 0 aliphatic carbocycles. The highest BCUT2D eigenvalue weighted by Crippen LogP contribution is 2.41. The van der Waals surface area contributed by atoms with Gasteiger partial charge < -0.3 is 14.4 Å². The summed E-state index contributed by atoms with van der Waals surface area (Å²) in [4.78, 5) is 6.66. The lowest BCUT2D eigenvalue weighted by Gasteiger charge is -2.28. The zero-order chi connectivity index (χ0) is 16.6. The van der Waals surface area contributed by atoms with Gasteiger partial charge in [0.05, 0.1) is 43.5 Å². The molecule has 8 heteroatoms. The average molecular weight is 356 g/mol. The highest BCUT2D eigenvalue weighted by molar-refractivity contribution is 8.14. The second kappa shape index (κ2) is 6.24. The third-order valence-corrected chi connectivity index (χ3v) is 6.57. The molecule has 0 N–H and O–H groups in total. The predicted molar refractivity (Wildman–Crippen MR) is 93.8 cm³/mol. The molecule has 3 rings (SSSR count). The molecular formula is C15H20N2O4S2. The number of hydrogen-bond donors (Lipinski definition) is 0. The van der Waals surface area contributed by atoms with Gasteiger partial charge in [0, 0.05) is 6.07 Å². The number of methoxy groups -OCH3 is 2. The molecule has 2 aliphatic heterocycles. The van der Waals surface area contributed by atoms with Gasteiger partial charge in [-0.05, 0) is 17.9 Å². The maximum absolute atomic E-state index is 12.0. The minimum atomic E-state index is -3.05. The number of aliphatic imine (C=N–C) groups is 1. The zero-order valence-electron chi connectivity index (χ0n) is 13.4. The van der Waals surface area contributed by atoms with Crippen molar-refractivity contribution in [2.75, 3.05) is 36.4 Å². The van der Waals surface area contributed by atoms with Gasteiger partial charge in [0.1, 0.15) is 11.5 Å². The smallest absolute Gasteiger partial charge is 0.164 e. The van der Waals surface area contributed by atoms with Crippen molar-refractivity contribution < 1.29 is 17.9 Å². The van der Waals surface area contributed by atoms with E-state index in [1.807, 2.05) is 23.1 Å². The molecule has 0 radical (unpaired) electrons. The molecule has 1 aromatic carbocycles. The Labute approximate surface area is 140 Å². The van der Waals surface area contributed by atoms with E-state index in [-0.39, 0.29) is 23.6 Å². The summed E-state index contributed by atoms with van der Waals surface area (Å²) < 4.78 is 34.8. The minimum absolute atomic E-state index is 0.119. The molecular weight excluding hydrogens is 336 g/mol. The zero-order valence-corrected chi connectivity index (χ0v) is 15.0. The van der Waals surface area contributed by atoms with Crippen LogP contribution in [-0.2, 0) is 9.84 Å². The second-order valence-electron chi connectivity index (χ2n) is 5.46. The topological polar surface area (TPSA) is 68.2 Å². The van der Waals surface area contributed by atoms with Gasteiger partial charge in [-0.2, -0.15) is 0 Å². The van der Waals surface area contributed by atoms with Gasteiger partial charge in [0.2, 0.25) is 0 Å². The lowest BCUT2D eigenvalue weighted by atomic mass is 10.1. The van der Waals surface area contributed by atoms with Crippen molar-refractivity contribution in [3.8, 4) is 11.5 Å². The van der Waals surface area contributed by atoms with Crippen LogP contribution in [0.5, 0.6) is 11.5 Å². The van der Waals surface area contributed by atoms with Crippen molar-refractivity contribution in [2.45, 2.75) is 19.0 Å². The number of hydrogen-bond acceptors (Lipinski definition) is 7. The summed E-state index contributed by atoms with van der Waals surface area (Å²) in [6, 6.07) is 5.15. The van der Waals surface area contributed by atoms with Crippen molar-refractivity contribution >= 4 is 32.5 Å². The lowest BCUT2D eigenvalue weighted by Crippen LogP contribution is -2.39. The molecule has 0 bridgehead atoms. The summed E-state index contributed by atoms with van der Waals surface area (Å²) in [6.07, 6.45) is 0. The monoisotopic (exact) mass is 356 g/mol. The Morgan fingerprint density at radius 1 is 1.30 bits per heavy atom. The van der Waals surface area contributed by atoms with E-state index in [4.69, 9.17) is 9.47 Å². The van der Waals surface area contributed by atoms with Crippen molar-refractivity contribution in [2.24, 2.45) is 4.99 Å². The Kier molecular flexibility index (Phi) is 4.46. The number of rotatable bonds is 4. The number of sulfone groups is 1. The standard InChI is InChI=1S/C15H20N2O4S2/c1-4-22-15-16-11-8-23(18,19)9-13(11)17(15)12-7-10(20-2)5-6-14(12)21-3/h5-7,11,13H,4,8-9H2,1-3H3/t11-,13+/m0/s1. The number of amidine groups is 1. The van der Waals surface area contributed by atoms with Gasteiger partial charge in [-0.25, -0.2) is 8.42 Å². The van der Waals surface area contributed by atoms with E-state index in [0.717, 1.165) is 16.6 Å². The molecule has 0 saturated carbocycles.